The molecule has 1 saturated carbocycles. The minimum Gasteiger partial charge on any atom is -0.326 e. The lowest BCUT2D eigenvalue weighted by molar-refractivity contribution is -0.128. The lowest BCUT2D eigenvalue weighted by Crippen LogP contribution is -2.44. The van der Waals surface area contributed by atoms with Crippen LogP contribution in [0.2, 0.25) is 0 Å². The molecule has 2 aliphatic rings. The van der Waals surface area contributed by atoms with Crippen molar-refractivity contribution in [3.05, 3.63) is 30.6 Å². The van der Waals surface area contributed by atoms with Crippen molar-refractivity contribution in [2.45, 2.75) is 35.7 Å². The summed E-state index contributed by atoms with van der Waals surface area (Å²) < 4.78 is 1.88. The lowest BCUT2D eigenvalue weighted by Gasteiger charge is -2.37. The third-order valence-electron chi connectivity index (χ3n) is 5.48. The molecule has 2 heterocycles. The molecule has 0 radical (unpaired) electrons. The van der Waals surface area contributed by atoms with Crippen LogP contribution in [0.1, 0.15) is 25.7 Å². The Balaban J connectivity index is 0.00000196. The maximum atomic E-state index is 13.0. The third-order valence-corrected chi connectivity index (χ3v) is 6.54. The van der Waals surface area contributed by atoms with E-state index in [0.717, 1.165) is 48.1 Å². The van der Waals surface area contributed by atoms with Crippen molar-refractivity contribution in [2.24, 2.45) is 18.4 Å². The largest absolute Gasteiger partial charge is 0.326 e. The molecule has 2 fully saturated rings. The summed E-state index contributed by atoms with van der Waals surface area (Å²) in [5.41, 5.74) is 0.641. The van der Waals surface area contributed by atoms with Gasteiger partial charge in [-0.25, -0.2) is 0 Å². The highest BCUT2D eigenvalue weighted by molar-refractivity contribution is 7.99. The van der Waals surface area contributed by atoms with E-state index in [1.807, 2.05) is 35.9 Å². The Labute approximate surface area is 163 Å². The zero-order valence-corrected chi connectivity index (χ0v) is 16.4. The first-order valence-electron chi connectivity index (χ1n) is 8.81. The molecule has 1 aromatic heterocycles. The molecule has 2 atom stereocenters. The Morgan fingerprint density at radius 1 is 1.35 bits per heavy atom. The number of anilines is 1. The zero-order chi connectivity index (χ0) is 17.3. The second-order valence-corrected chi connectivity index (χ2v) is 8.08. The van der Waals surface area contributed by atoms with Gasteiger partial charge < -0.3 is 15.2 Å². The molecular formula is C18H24ClN5OS. The van der Waals surface area contributed by atoms with Crippen LogP contribution in [0, 0.1) is 11.3 Å². The van der Waals surface area contributed by atoms with Crippen LogP contribution in [-0.4, -0.2) is 33.8 Å². The molecule has 2 aromatic rings. The number of benzene rings is 1. The Morgan fingerprint density at radius 2 is 2.15 bits per heavy atom. The van der Waals surface area contributed by atoms with Crippen LogP contribution in [0.3, 0.4) is 0 Å². The maximum Gasteiger partial charge on any atom is 0.232 e. The van der Waals surface area contributed by atoms with Gasteiger partial charge in [-0.3, -0.25) is 4.79 Å². The summed E-state index contributed by atoms with van der Waals surface area (Å²) in [5, 5.41) is 15.4. The van der Waals surface area contributed by atoms with Crippen molar-refractivity contribution in [3.63, 3.8) is 0 Å². The minimum absolute atomic E-state index is 0. The van der Waals surface area contributed by atoms with Gasteiger partial charge in [0.2, 0.25) is 5.91 Å². The molecule has 1 aliphatic heterocycles. The number of rotatable bonds is 4. The number of aryl methyl sites for hydroxylation is 1. The molecule has 2 N–H and O–H groups in total. The average Bonchev–Trinajstić information content (AvgIpc) is 3.24. The molecule has 1 saturated heterocycles. The van der Waals surface area contributed by atoms with Crippen LogP contribution >= 0.6 is 24.2 Å². The van der Waals surface area contributed by atoms with Gasteiger partial charge in [-0.2, -0.15) is 0 Å². The zero-order valence-electron chi connectivity index (χ0n) is 14.8. The summed E-state index contributed by atoms with van der Waals surface area (Å²) in [5.74, 6) is 0.655. The van der Waals surface area contributed by atoms with Crippen LogP contribution in [0.15, 0.2) is 40.6 Å². The number of hydrogen-bond acceptors (Lipinski definition) is 5. The molecule has 1 aromatic carbocycles. The molecule has 140 valence electrons. The van der Waals surface area contributed by atoms with E-state index in [1.54, 1.807) is 18.1 Å². The Morgan fingerprint density at radius 3 is 2.88 bits per heavy atom. The van der Waals surface area contributed by atoms with Gasteiger partial charge in [0.15, 0.2) is 5.16 Å². The van der Waals surface area contributed by atoms with Gasteiger partial charge in [0.1, 0.15) is 6.33 Å². The highest BCUT2D eigenvalue weighted by atomic mass is 35.5. The van der Waals surface area contributed by atoms with Crippen LogP contribution in [0.25, 0.3) is 0 Å². The number of fused-ring (bicyclic) bond motifs is 1. The smallest absolute Gasteiger partial charge is 0.232 e. The summed E-state index contributed by atoms with van der Waals surface area (Å²) >= 11 is 1.56. The molecule has 6 nitrogen and oxygen atoms in total. The number of hydrogen-bond donors (Lipinski definition) is 2. The van der Waals surface area contributed by atoms with E-state index in [-0.39, 0.29) is 23.7 Å². The number of nitrogens with zero attached hydrogens (tertiary/aromatic N) is 3. The van der Waals surface area contributed by atoms with E-state index in [9.17, 15) is 4.79 Å². The first-order valence-corrected chi connectivity index (χ1v) is 9.63. The molecule has 0 bridgehead atoms. The second kappa shape index (κ2) is 7.98. The van der Waals surface area contributed by atoms with E-state index in [4.69, 9.17) is 0 Å². The maximum absolute atomic E-state index is 13.0. The van der Waals surface area contributed by atoms with E-state index < -0.39 is 0 Å². The number of amides is 1. The fourth-order valence-corrected chi connectivity index (χ4v) is 4.78. The van der Waals surface area contributed by atoms with Gasteiger partial charge in [0.05, 0.1) is 5.41 Å². The van der Waals surface area contributed by atoms with E-state index in [2.05, 4.69) is 20.8 Å². The van der Waals surface area contributed by atoms with Gasteiger partial charge in [-0.15, -0.1) is 22.6 Å². The van der Waals surface area contributed by atoms with Gasteiger partial charge in [-0.05, 0) is 61.3 Å². The van der Waals surface area contributed by atoms with Crippen LogP contribution in [-0.2, 0) is 11.8 Å². The molecule has 1 amide bonds. The number of carbonyl (C=O) groups excluding carboxylic acids is 1. The van der Waals surface area contributed by atoms with Crippen molar-refractivity contribution in [2.75, 3.05) is 18.4 Å². The van der Waals surface area contributed by atoms with Crippen LogP contribution in [0.5, 0.6) is 0 Å². The van der Waals surface area contributed by atoms with Crippen molar-refractivity contribution in [1.82, 2.24) is 20.1 Å². The first kappa shape index (κ1) is 19.2. The third kappa shape index (κ3) is 3.61. The topological polar surface area (TPSA) is 71.8 Å². The van der Waals surface area contributed by atoms with Crippen LogP contribution in [0.4, 0.5) is 5.69 Å². The molecular weight excluding hydrogens is 370 g/mol. The quantitative estimate of drug-likeness (QED) is 0.835. The van der Waals surface area contributed by atoms with Gasteiger partial charge in [0.25, 0.3) is 0 Å². The van der Waals surface area contributed by atoms with E-state index in [0.29, 0.717) is 5.92 Å². The highest BCUT2D eigenvalue weighted by Crippen LogP contribution is 2.44. The van der Waals surface area contributed by atoms with Crippen molar-refractivity contribution < 1.29 is 4.79 Å². The summed E-state index contributed by atoms with van der Waals surface area (Å²) in [6.07, 6.45) is 6.24. The van der Waals surface area contributed by atoms with Crippen molar-refractivity contribution >= 4 is 35.8 Å². The van der Waals surface area contributed by atoms with Gasteiger partial charge >= 0.3 is 0 Å². The number of halogens is 1. The molecule has 4 rings (SSSR count). The monoisotopic (exact) mass is 393 g/mol. The summed E-state index contributed by atoms with van der Waals surface area (Å²) in [4.78, 5) is 14.1. The van der Waals surface area contributed by atoms with Gasteiger partial charge in [-0.1, -0.05) is 12.8 Å². The number of nitrogens with one attached hydrogen (secondary N) is 2. The molecule has 1 aliphatic carbocycles. The highest BCUT2D eigenvalue weighted by Gasteiger charge is 2.49. The summed E-state index contributed by atoms with van der Waals surface area (Å²) in [7, 11) is 1.92. The van der Waals surface area contributed by atoms with Crippen LogP contribution < -0.4 is 10.6 Å². The van der Waals surface area contributed by atoms with E-state index >= 15 is 0 Å². The number of carbonyl (C=O) groups is 1. The SMILES string of the molecule is Cl.Cn1cnnc1Sc1ccc(NC(=O)[C@@]23CCCC[C@H]2CNC3)cc1. The molecule has 26 heavy (non-hydrogen) atoms. The average molecular weight is 394 g/mol. The standard InChI is InChI=1S/C18H23N5OS.ClH/c1-23-12-20-22-17(23)25-15-7-5-14(6-8-15)21-16(24)18-9-3-2-4-13(18)10-19-11-18;/h5-8,12-13,19H,2-4,9-11H2,1H3,(H,21,24);1H/t13-,18+;/m0./s1. The normalized spacial score (nSPS) is 24.6. The number of aromatic nitrogens is 3. The summed E-state index contributed by atoms with van der Waals surface area (Å²) in [6, 6.07) is 7.96. The fourth-order valence-electron chi connectivity index (χ4n) is 4.02. The Bertz CT molecular complexity index is 765. The molecule has 0 spiro atoms. The lowest BCUT2D eigenvalue weighted by atomic mass is 9.67. The Hall–Kier alpha value is -1.57. The van der Waals surface area contributed by atoms with Crippen molar-refractivity contribution in [3.8, 4) is 0 Å². The van der Waals surface area contributed by atoms with Gasteiger partial charge in [0, 0.05) is 24.2 Å². The predicted octanol–water partition coefficient (Wildman–Crippen LogP) is 3.11. The summed E-state index contributed by atoms with van der Waals surface area (Å²) in [6.45, 7) is 1.78. The first-order chi connectivity index (χ1) is 12.2. The fraction of sp³-hybridized carbons (Fsp3) is 0.500. The van der Waals surface area contributed by atoms with E-state index in [1.165, 1.54) is 6.42 Å². The van der Waals surface area contributed by atoms with Crippen molar-refractivity contribution in [1.29, 1.82) is 0 Å². The minimum atomic E-state index is -0.218. The Kier molecular flexibility index (Phi) is 5.89. The predicted molar refractivity (Wildman–Crippen MR) is 105 cm³/mol. The molecule has 0 unspecified atom stereocenters. The second-order valence-electron chi connectivity index (χ2n) is 7.03. The molecule has 8 heteroatoms.